The van der Waals surface area contributed by atoms with Crippen LogP contribution in [0.3, 0.4) is 0 Å². The van der Waals surface area contributed by atoms with E-state index in [2.05, 4.69) is 6.92 Å². The minimum Gasteiger partial charge on any atom is -0.491 e. The van der Waals surface area contributed by atoms with Crippen LogP contribution in [-0.2, 0) is 4.79 Å². The second-order valence-corrected chi connectivity index (χ2v) is 9.08. The maximum Gasteiger partial charge on any atom is 0.314 e. The molecular weight excluding hydrogens is 386 g/mol. The van der Waals surface area contributed by atoms with E-state index in [0.717, 1.165) is 37.5 Å². The fraction of sp³-hybridized carbons (Fsp3) is 0.720. The van der Waals surface area contributed by atoms with E-state index in [1.165, 1.54) is 57.1 Å². The van der Waals surface area contributed by atoms with E-state index in [4.69, 9.17) is 9.47 Å². The van der Waals surface area contributed by atoms with Crippen LogP contribution in [0.1, 0.15) is 84.5 Å². The third-order valence-electron chi connectivity index (χ3n) is 7.15. The molecule has 3 rings (SSSR count). The van der Waals surface area contributed by atoms with Crippen molar-refractivity contribution in [2.24, 2.45) is 23.7 Å². The molecule has 0 N–H and O–H groups in total. The Morgan fingerprint density at radius 1 is 0.900 bits per heavy atom. The SMILES string of the molecule is CCCCC1CCC(C2CCC(C(=O)Oc3ccc(OCC)c(F)c3F)CC2)CC1. The molecule has 0 aliphatic heterocycles. The first-order valence-corrected chi connectivity index (χ1v) is 11.9. The Kier molecular flexibility index (Phi) is 8.52. The van der Waals surface area contributed by atoms with Gasteiger partial charge < -0.3 is 9.47 Å². The van der Waals surface area contributed by atoms with Crippen LogP contribution in [0.2, 0.25) is 0 Å². The lowest BCUT2D eigenvalue weighted by atomic mass is 9.68. The molecule has 0 saturated heterocycles. The molecule has 0 aromatic heterocycles. The largest absolute Gasteiger partial charge is 0.491 e. The fourth-order valence-electron chi connectivity index (χ4n) is 5.32. The highest BCUT2D eigenvalue weighted by molar-refractivity contribution is 5.75. The van der Waals surface area contributed by atoms with Crippen LogP contribution >= 0.6 is 0 Å². The van der Waals surface area contributed by atoms with E-state index in [-0.39, 0.29) is 24.0 Å². The summed E-state index contributed by atoms with van der Waals surface area (Å²) in [5.41, 5.74) is 0. The summed E-state index contributed by atoms with van der Waals surface area (Å²) in [6.07, 6.45) is 13.0. The number of carbonyl (C=O) groups is 1. The van der Waals surface area contributed by atoms with Crippen molar-refractivity contribution >= 4 is 5.97 Å². The van der Waals surface area contributed by atoms with Gasteiger partial charge in [0.15, 0.2) is 11.5 Å². The van der Waals surface area contributed by atoms with E-state index in [1.54, 1.807) is 6.92 Å². The van der Waals surface area contributed by atoms with E-state index in [9.17, 15) is 13.6 Å². The van der Waals surface area contributed by atoms with Crippen molar-refractivity contribution in [2.75, 3.05) is 6.61 Å². The van der Waals surface area contributed by atoms with Gasteiger partial charge in [-0.25, -0.2) is 0 Å². The van der Waals surface area contributed by atoms with Crippen molar-refractivity contribution in [1.29, 1.82) is 0 Å². The number of carbonyl (C=O) groups excluding carboxylic acids is 1. The third kappa shape index (κ3) is 5.73. The van der Waals surface area contributed by atoms with Gasteiger partial charge in [-0.3, -0.25) is 4.79 Å². The Morgan fingerprint density at radius 3 is 2.07 bits per heavy atom. The highest BCUT2D eigenvalue weighted by Crippen LogP contribution is 2.42. The molecule has 30 heavy (non-hydrogen) atoms. The first-order valence-electron chi connectivity index (χ1n) is 11.9. The number of unbranched alkanes of at least 4 members (excludes halogenated alkanes) is 1. The molecule has 2 aliphatic rings. The molecule has 0 amide bonds. The Morgan fingerprint density at radius 2 is 1.47 bits per heavy atom. The minimum absolute atomic E-state index is 0.167. The minimum atomic E-state index is -1.16. The monoisotopic (exact) mass is 422 g/mol. The fourth-order valence-corrected chi connectivity index (χ4v) is 5.32. The number of hydrogen-bond acceptors (Lipinski definition) is 3. The standard InChI is InChI=1S/C25H36F2O3/c1-3-5-6-17-7-9-18(10-8-17)19-11-13-20(14-12-19)25(28)30-22-16-15-21(29-4-2)23(26)24(22)27/h15-20H,3-14H2,1-2H3. The molecule has 0 heterocycles. The predicted molar refractivity (Wildman–Crippen MR) is 114 cm³/mol. The first-order chi connectivity index (χ1) is 14.5. The Labute approximate surface area is 179 Å². The molecule has 0 bridgehead atoms. The summed E-state index contributed by atoms with van der Waals surface area (Å²) in [5, 5.41) is 0. The average molecular weight is 423 g/mol. The molecule has 5 heteroatoms. The van der Waals surface area contributed by atoms with E-state index in [0.29, 0.717) is 5.92 Å². The summed E-state index contributed by atoms with van der Waals surface area (Å²) in [6.45, 7) is 4.19. The Hall–Kier alpha value is -1.65. The number of benzene rings is 1. The molecule has 0 radical (unpaired) electrons. The summed E-state index contributed by atoms with van der Waals surface area (Å²) >= 11 is 0. The van der Waals surface area contributed by atoms with Crippen molar-refractivity contribution in [3.63, 3.8) is 0 Å². The van der Waals surface area contributed by atoms with Crippen LogP contribution < -0.4 is 9.47 Å². The summed E-state index contributed by atoms with van der Waals surface area (Å²) in [7, 11) is 0. The van der Waals surface area contributed by atoms with Gasteiger partial charge in [-0.2, -0.15) is 8.78 Å². The topological polar surface area (TPSA) is 35.5 Å². The Balaban J connectivity index is 1.46. The Bertz CT molecular complexity index is 690. The average Bonchev–Trinajstić information content (AvgIpc) is 2.78. The molecule has 0 unspecified atom stereocenters. The molecule has 2 saturated carbocycles. The number of halogens is 2. The molecule has 1 aromatic carbocycles. The highest BCUT2D eigenvalue weighted by atomic mass is 19.2. The lowest BCUT2D eigenvalue weighted by molar-refractivity contribution is -0.140. The van der Waals surface area contributed by atoms with Crippen LogP contribution in [0.4, 0.5) is 8.78 Å². The summed E-state index contributed by atoms with van der Waals surface area (Å²) in [5.74, 6) is -1.07. The molecule has 168 valence electrons. The van der Waals surface area contributed by atoms with E-state index < -0.39 is 17.6 Å². The second kappa shape index (κ2) is 11.1. The second-order valence-electron chi connectivity index (χ2n) is 9.08. The summed E-state index contributed by atoms with van der Waals surface area (Å²) in [6, 6.07) is 2.57. The number of esters is 1. The molecular formula is C25H36F2O3. The van der Waals surface area contributed by atoms with Crippen LogP contribution in [0.15, 0.2) is 12.1 Å². The van der Waals surface area contributed by atoms with Crippen LogP contribution in [0.5, 0.6) is 11.5 Å². The quantitative estimate of drug-likeness (QED) is 0.332. The van der Waals surface area contributed by atoms with Crippen molar-refractivity contribution in [3.8, 4) is 11.5 Å². The number of rotatable bonds is 8. The molecule has 2 fully saturated rings. The maximum atomic E-state index is 14.2. The lowest BCUT2D eigenvalue weighted by Crippen LogP contribution is -2.30. The highest BCUT2D eigenvalue weighted by Gasteiger charge is 2.34. The first kappa shape index (κ1) is 23.0. The summed E-state index contributed by atoms with van der Waals surface area (Å²) in [4.78, 5) is 12.5. The van der Waals surface area contributed by atoms with Crippen molar-refractivity contribution in [1.82, 2.24) is 0 Å². The molecule has 2 aliphatic carbocycles. The van der Waals surface area contributed by atoms with Gasteiger partial charge in [0.2, 0.25) is 11.6 Å². The molecule has 3 nitrogen and oxygen atoms in total. The zero-order chi connectivity index (χ0) is 21.5. The van der Waals surface area contributed by atoms with E-state index >= 15 is 0 Å². The zero-order valence-electron chi connectivity index (χ0n) is 18.4. The maximum absolute atomic E-state index is 14.2. The predicted octanol–water partition coefficient (Wildman–Crippen LogP) is 7.07. The molecule has 0 atom stereocenters. The zero-order valence-corrected chi connectivity index (χ0v) is 18.4. The van der Waals surface area contributed by atoms with Gasteiger partial charge in [0.25, 0.3) is 0 Å². The van der Waals surface area contributed by atoms with Crippen LogP contribution in [0.25, 0.3) is 0 Å². The van der Waals surface area contributed by atoms with Crippen molar-refractivity contribution in [3.05, 3.63) is 23.8 Å². The van der Waals surface area contributed by atoms with Gasteiger partial charge in [0, 0.05) is 0 Å². The van der Waals surface area contributed by atoms with Crippen LogP contribution in [0, 0.1) is 35.3 Å². The number of ether oxygens (including phenoxy) is 2. The van der Waals surface area contributed by atoms with Gasteiger partial charge in [-0.05, 0) is 75.3 Å². The lowest BCUT2D eigenvalue weighted by Gasteiger charge is -2.37. The van der Waals surface area contributed by atoms with Crippen molar-refractivity contribution < 1.29 is 23.0 Å². The van der Waals surface area contributed by atoms with Gasteiger partial charge in [-0.1, -0.05) is 39.0 Å². The number of hydrogen-bond donors (Lipinski definition) is 0. The summed E-state index contributed by atoms with van der Waals surface area (Å²) < 4.78 is 38.5. The van der Waals surface area contributed by atoms with Crippen LogP contribution in [-0.4, -0.2) is 12.6 Å². The van der Waals surface area contributed by atoms with Gasteiger partial charge in [0.1, 0.15) is 0 Å². The normalized spacial score (nSPS) is 26.9. The van der Waals surface area contributed by atoms with Crippen molar-refractivity contribution in [2.45, 2.75) is 84.5 Å². The van der Waals surface area contributed by atoms with E-state index in [1.807, 2.05) is 0 Å². The van der Waals surface area contributed by atoms with Gasteiger partial charge in [-0.15, -0.1) is 0 Å². The van der Waals surface area contributed by atoms with Gasteiger partial charge in [0.05, 0.1) is 12.5 Å². The third-order valence-corrected chi connectivity index (χ3v) is 7.15. The molecule has 1 aromatic rings. The molecule has 0 spiro atoms. The van der Waals surface area contributed by atoms with Gasteiger partial charge >= 0.3 is 5.97 Å². The smallest absolute Gasteiger partial charge is 0.314 e.